The Bertz CT molecular complexity index is 470. The Morgan fingerprint density at radius 2 is 2.00 bits per heavy atom. The molecular formula is C11H17ClN4O2S. The molecule has 106 valence electrons. The molecule has 0 aliphatic heterocycles. The van der Waals surface area contributed by atoms with Crippen LogP contribution in [0.4, 0.5) is 0 Å². The van der Waals surface area contributed by atoms with Crippen molar-refractivity contribution in [2.45, 2.75) is 33.2 Å². The highest BCUT2D eigenvalue weighted by molar-refractivity contribution is 7.17. The fraction of sp³-hybridized carbons (Fsp3) is 0.636. The van der Waals surface area contributed by atoms with Gasteiger partial charge in [0.2, 0.25) is 15.4 Å². The maximum Gasteiger partial charge on any atom is 0.285 e. The molecule has 0 aliphatic rings. The second-order valence-electron chi connectivity index (χ2n) is 4.98. The van der Waals surface area contributed by atoms with Gasteiger partial charge in [0, 0.05) is 12.1 Å². The average molecular weight is 305 g/mol. The Kier molecular flexibility index (Phi) is 5.25. The number of nitrogens with one attached hydrogen (secondary N) is 1. The fourth-order valence-corrected chi connectivity index (χ4v) is 2.18. The van der Waals surface area contributed by atoms with E-state index in [1.54, 1.807) is 6.92 Å². The number of carbonyl (C=O) groups excluding carboxylic acids is 2. The maximum absolute atomic E-state index is 12.1. The van der Waals surface area contributed by atoms with Crippen molar-refractivity contribution in [1.82, 2.24) is 20.4 Å². The van der Waals surface area contributed by atoms with Crippen molar-refractivity contribution >= 4 is 34.8 Å². The third kappa shape index (κ3) is 5.12. The predicted octanol–water partition coefficient (Wildman–Crippen LogP) is 1.57. The van der Waals surface area contributed by atoms with E-state index in [-0.39, 0.29) is 33.4 Å². The molecule has 1 rings (SSSR count). The fourth-order valence-electron chi connectivity index (χ4n) is 1.39. The molecule has 0 saturated carbocycles. The lowest BCUT2D eigenvalue weighted by Crippen LogP contribution is -2.47. The predicted molar refractivity (Wildman–Crippen MR) is 74.4 cm³/mol. The van der Waals surface area contributed by atoms with Gasteiger partial charge in [-0.15, -0.1) is 10.2 Å². The summed E-state index contributed by atoms with van der Waals surface area (Å²) in [6.07, 6.45) is 0. The molecule has 0 radical (unpaired) electrons. The summed E-state index contributed by atoms with van der Waals surface area (Å²) in [6.45, 7) is 7.84. The SMILES string of the molecule is CCN(CC(=O)NC(C)(C)C)C(=O)c1nnc(Cl)s1. The van der Waals surface area contributed by atoms with E-state index >= 15 is 0 Å². The minimum atomic E-state index is -0.337. The lowest BCUT2D eigenvalue weighted by molar-refractivity contribution is -0.123. The van der Waals surface area contributed by atoms with E-state index in [1.807, 2.05) is 20.8 Å². The van der Waals surface area contributed by atoms with Crippen LogP contribution in [0.2, 0.25) is 4.47 Å². The summed E-state index contributed by atoms with van der Waals surface area (Å²) in [6, 6.07) is 0. The summed E-state index contributed by atoms with van der Waals surface area (Å²) < 4.78 is 0.207. The highest BCUT2D eigenvalue weighted by atomic mass is 35.5. The van der Waals surface area contributed by atoms with Crippen molar-refractivity contribution in [2.75, 3.05) is 13.1 Å². The van der Waals surface area contributed by atoms with E-state index < -0.39 is 0 Å². The van der Waals surface area contributed by atoms with Gasteiger partial charge in [-0.25, -0.2) is 0 Å². The van der Waals surface area contributed by atoms with Crippen molar-refractivity contribution in [1.29, 1.82) is 0 Å². The van der Waals surface area contributed by atoms with Crippen molar-refractivity contribution in [2.24, 2.45) is 0 Å². The van der Waals surface area contributed by atoms with E-state index in [2.05, 4.69) is 15.5 Å². The third-order valence-electron chi connectivity index (χ3n) is 2.10. The Hall–Kier alpha value is -1.21. The van der Waals surface area contributed by atoms with E-state index in [0.29, 0.717) is 6.54 Å². The molecule has 1 N–H and O–H groups in total. The normalized spacial score (nSPS) is 11.2. The van der Waals surface area contributed by atoms with Crippen LogP contribution >= 0.6 is 22.9 Å². The van der Waals surface area contributed by atoms with Gasteiger partial charge < -0.3 is 10.2 Å². The Morgan fingerprint density at radius 1 is 1.37 bits per heavy atom. The molecule has 1 aromatic heterocycles. The number of amides is 2. The second-order valence-corrected chi connectivity index (χ2v) is 6.54. The van der Waals surface area contributed by atoms with Gasteiger partial charge in [0.05, 0.1) is 6.54 Å². The summed E-state index contributed by atoms with van der Waals surface area (Å²) in [5.41, 5.74) is -0.328. The maximum atomic E-state index is 12.1. The topological polar surface area (TPSA) is 75.2 Å². The first-order valence-electron chi connectivity index (χ1n) is 5.82. The number of nitrogens with zero attached hydrogens (tertiary/aromatic N) is 3. The standard InChI is InChI=1S/C11H17ClN4O2S/c1-5-16(6-7(17)13-11(2,3)4)9(18)8-14-15-10(12)19-8/h5-6H2,1-4H3,(H,13,17). The van der Waals surface area contributed by atoms with Crippen LogP contribution in [-0.2, 0) is 4.79 Å². The van der Waals surface area contributed by atoms with Crippen molar-refractivity contribution in [3.8, 4) is 0 Å². The minimum absolute atomic E-state index is 0.0101. The third-order valence-corrected chi connectivity index (χ3v) is 3.11. The molecule has 1 aromatic rings. The second kappa shape index (κ2) is 6.29. The number of halogens is 1. The average Bonchev–Trinajstić information content (AvgIpc) is 2.69. The van der Waals surface area contributed by atoms with Gasteiger partial charge in [0.1, 0.15) is 0 Å². The van der Waals surface area contributed by atoms with E-state index in [0.717, 1.165) is 11.3 Å². The van der Waals surface area contributed by atoms with E-state index in [9.17, 15) is 9.59 Å². The van der Waals surface area contributed by atoms with Gasteiger partial charge in [-0.2, -0.15) is 0 Å². The number of carbonyl (C=O) groups is 2. The summed E-state index contributed by atoms with van der Waals surface area (Å²) in [7, 11) is 0. The molecule has 6 nitrogen and oxygen atoms in total. The van der Waals surface area contributed by atoms with Crippen molar-refractivity contribution in [3.05, 3.63) is 9.47 Å². The molecule has 0 spiro atoms. The van der Waals surface area contributed by atoms with Gasteiger partial charge in [0.15, 0.2) is 0 Å². The highest BCUT2D eigenvalue weighted by Gasteiger charge is 2.22. The summed E-state index contributed by atoms with van der Waals surface area (Å²) in [5.74, 6) is -0.547. The molecule has 0 aromatic carbocycles. The molecule has 8 heteroatoms. The Labute approximate surface area is 121 Å². The van der Waals surface area contributed by atoms with Gasteiger partial charge in [0.25, 0.3) is 5.91 Å². The van der Waals surface area contributed by atoms with Crippen LogP contribution in [0.15, 0.2) is 0 Å². The zero-order valence-corrected chi connectivity index (χ0v) is 12.9. The number of hydrogen-bond acceptors (Lipinski definition) is 5. The van der Waals surface area contributed by atoms with Crippen LogP contribution in [0.25, 0.3) is 0 Å². The smallest absolute Gasteiger partial charge is 0.285 e. The van der Waals surface area contributed by atoms with Crippen LogP contribution in [0.3, 0.4) is 0 Å². The summed E-state index contributed by atoms with van der Waals surface area (Å²) in [5, 5.41) is 10.3. The molecule has 19 heavy (non-hydrogen) atoms. The van der Waals surface area contributed by atoms with Crippen LogP contribution in [0.5, 0.6) is 0 Å². The summed E-state index contributed by atoms with van der Waals surface area (Å²) >= 11 is 6.64. The van der Waals surface area contributed by atoms with Gasteiger partial charge in [-0.05, 0) is 39.3 Å². The van der Waals surface area contributed by atoms with Crippen molar-refractivity contribution < 1.29 is 9.59 Å². The molecule has 0 atom stereocenters. The van der Waals surface area contributed by atoms with Gasteiger partial charge in [-0.3, -0.25) is 9.59 Å². The van der Waals surface area contributed by atoms with E-state index in [1.165, 1.54) is 4.90 Å². The summed E-state index contributed by atoms with van der Waals surface area (Å²) in [4.78, 5) is 25.3. The molecule has 1 heterocycles. The first-order valence-corrected chi connectivity index (χ1v) is 7.01. The van der Waals surface area contributed by atoms with Crippen LogP contribution < -0.4 is 5.32 Å². The van der Waals surface area contributed by atoms with Crippen molar-refractivity contribution in [3.63, 3.8) is 0 Å². The molecule has 0 fully saturated rings. The first-order chi connectivity index (χ1) is 8.73. The monoisotopic (exact) mass is 304 g/mol. The Morgan fingerprint density at radius 3 is 2.42 bits per heavy atom. The minimum Gasteiger partial charge on any atom is -0.350 e. The van der Waals surface area contributed by atoms with E-state index in [4.69, 9.17) is 11.6 Å². The highest BCUT2D eigenvalue weighted by Crippen LogP contribution is 2.16. The lowest BCUT2D eigenvalue weighted by Gasteiger charge is -2.24. The Balaban J connectivity index is 2.68. The lowest BCUT2D eigenvalue weighted by atomic mass is 10.1. The molecule has 0 bridgehead atoms. The number of hydrogen-bond donors (Lipinski definition) is 1. The zero-order chi connectivity index (χ0) is 14.6. The molecular weight excluding hydrogens is 288 g/mol. The first kappa shape index (κ1) is 15.8. The molecule has 2 amide bonds. The van der Waals surface area contributed by atoms with Crippen LogP contribution in [0.1, 0.15) is 37.5 Å². The van der Waals surface area contributed by atoms with Gasteiger partial charge >= 0.3 is 0 Å². The quantitative estimate of drug-likeness (QED) is 0.916. The van der Waals surface area contributed by atoms with Gasteiger partial charge in [-0.1, -0.05) is 11.3 Å². The van der Waals surface area contributed by atoms with Crippen LogP contribution in [-0.4, -0.2) is 45.5 Å². The molecule has 0 saturated heterocycles. The van der Waals surface area contributed by atoms with Crippen LogP contribution in [0, 0.1) is 0 Å². The number of rotatable bonds is 4. The largest absolute Gasteiger partial charge is 0.350 e. The molecule has 0 unspecified atom stereocenters. The number of aromatic nitrogens is 2. The zero-order valence-electron chi connectivity index (χ0n) is 11.4. The number of likely N-dealkylation sites (N-methyl/N-ethyl adjacent to an activating group) is 1. The molecule has 0 aliphatic carbocycles.